The van der Waals surface area contributed by atoms with Crippen LogP contribution < -0.4 is 10.2 Å². The van der Waals surface area contributed by atoms with Crippen LogP contribution in [-0.2, 0) is 4.84 Å². The number of piperazine rings is 1. The number of imide groups is 1. The van der Waals surface area contributed by atoms with Gasteiger partial charge in [-0.15, -0.1) is 5.06 Å². The molecule has 1 fully saturated rings. The third kappa shape index (κ3) is 1.89. The molecule has 2 aliphatic heterocycles. The Hall–Kier alpha value is -1.92. The van der Waals surface area contributed by atoms with E-state index in [1.807, 2.05) is 6.07 Å². The number of nitrogens with one attached hydrogen (secondary N) is 1. The van der Waals surface area contributed by atoms with Crippen LogP contribution in [0.15, 0.2) is 18.2 Å². The maximum Gasteiger partial charge on any atom is 0.285 e. The highest BCUT2D eigenvalue weighted by atomic mass is 16.7. The first kappa shape index (κ1) is 12.1. The molecule has 19 heavy (non-hydrogen) atoms. The molecule has 0 spiro atoms. The smallest absolute Gasteiger partial charge is 0.285 e. The van der Waals surface area contributed by atoms with Crippen LogP contribution >= 0.6 is 0 Å². The fraction of sp³-hybridized carbons (Fsp3) is 0.385. The summed E-state index contributed by atoms with van der Waals surface area (Å²) in [6.45, 7) is 3.64. The number of hydrogen-bond acceptors (Lipinski definition) is 5. The van der Waals surface area contributed by atoms with E-state index >= 15 is 0 Å². The lowest BCUT2D eigenvalue weighted by molar-refractivity contribution is -0.0645. The Bertz CT molecular complexity index is 538. The molecule has 0 radical (unpaired) electrons. The molecule has 6 nitrogen and oxygen atoms in total. The highest BCUT2D eigenvalue weighted by molar-refractivity contribution is 6.20. The number of carbonyl (C=O) groups is 2. The normalized spacial score (nSPS) is 19.0. The van der Waals surface area contributed by atoms with Gasteiger partial charge in [0.2, 0.25) is 0 Å². The van der Waals surface area contributed by atoms with Crippen molar-refractivity contribution in [2.45, 2.75) is 0 Å². The molecule has 0 atom stereocenters. The maximum absolute atomic E-state index is 12.0. The number of anilines is 1. The number of hydrogen-bond donors (Lipinski definition) is 1. The van der Waals surface area contributed by atoms with E-state index in [-0.39, 0.29) is 5.91 Å². The molecule has 0 bridgehead atoms. The second-order valence-electron chi connectivity index (χ2n) is 4.55. The lowest BCUT2D eigenvalue weighted by Gasteiger charge is -2.29. The van der Waals surface area contributed by atoms with Gasteiger partial charge in [0.05, 0.1) is 18.2 Å². The number of nitrogens with zero attached hydrogens (tertiary/aromatic N) is 2. The molecule has 1 N–H and O–H groups in total. The van der Waals surface area contributed by atoms with Gasteiger partial charge in [-0.05, 0) is 18.2 Å². The monoisotopic (exact) mass is 261 g/mol. The van der Waals surface area contributed by atoms with Gasteiger partial charge in [0, 0.05) is 31.9 Å². The summed E-state index contributed by atoms with van der Waals surface area (Å²) in [5.74, 6) is -0.783. The molecule has 1 aromatic rings. The van der Waals surface area contributed by atoms with E-state index in [2.05, 4.69) is 10.2 Å². The summed E-state index contributed by atoms with van der Waals surface area (Å²) in [5.41, 5.74) is 1.80. The Morgan fingerprint density at radius 2 is 1.79 bits per heavy atom. The molecule has 6 heteroatoms. The summed E-state index contributed by atoms with van der Waals surface area (Å²) >= 11 is 0. The van der Waals surface area contributed by atoms with Crippen molar-refractivity contribution in [1.29, 1.82) is 0 Å². The lowest BCUT2D eigenvalue weighted by atomic mass is 10.1. The summed E-state index contributed by atoms with van der Waals surface area (Å²) in [5, 5.41) is 4.08. The van der Waals surface area contributed by atoms with Crippen molar-refractivity contribution in [2.75, 3.05) is 38.2 Å². The van der Waals surface area contributed by atoms with Gasteiger partial charge in [0.25, 0.3) is 11.8 Å². The first-order valence-electron chi connectivity index (χ1n) is 6.25. The van der Waals surface area contributed by atoms with E-state index in [1.165, 1.54) is 7.11 Å². The molecule has 1 aromatic carbocycles. The first-order valence-corrected chi connectivity index (χ1v) is 6.25. The third-order valence-electron chi connectivity index (χ3n) is 3.50. The predicted octanol–water partition coefficient (Wildman–Crippen LogP) is 0.254. The van der Waals surface area contributed by atoms with Gasteiger partial charge < -0.3 is 10.2 Å². The van der Waals surface area contributed by atoms with E-state index in [9.17, 15) is 9.59 Å². The second-order valence-corrected chi connectivity index (χ2v) is 4.55. The van der Waals surface area contributed by atoms with E-state index in [0.29, 0.717) is 11.1 Å². The zero-order valence-electron chi connectivity index (χ0n) is 10.7. The zero-order valence-corrected chi connectivity index (χ0v) is 10.7. The van der Waals surface area contributed by atoms with Crippen LogP contribution in [0.1, 0.15) is 20.7 Å². The molecule has 0 aromatic heterocycles. The number of amides is 2. The predicted molar refractivity (Wildman–Crippen MR) is 69.0 cm³/mol. The first-order chi connectivity index (χ1) is 9.22. The fourth-order valence-electron chi connectivity index (χ4n) is 2.49. The summed E-state index contributed by atoms with van der Waals surface area (Å²) in [7, 11) is 1.32. The Kier molecular flexibility index (Phi) is 2.96. The van der Waals surface area contributed by atoms with E-state index < -0.39 is 5.91 Å². The Morgan fingerprint density at radius 1 is 1.11 bits per heavy atom. The topological polar surface area (TPSA) is 61.9 Å². The fourth-order valence-corrected chi connectivity index (χ4v) is 2.49. The largest absolute Gasteiger partial charge is 0.369 e. The van der Waals surface area contributed by atoms with Crippen molar-refractivity contribution >= 4 is 17.5 Å². The molecule has 1 saturated heterocycles. The van der Waals surface area contributed by atoms with Crippen LogP contribution in [0.4, 0.5) is 5.69 Å². The number of benzene rings is 1. The minimum absolute atomic E-state index is 0.389. The van der Waals surface area contributed by atoms with Crippen molar-refractivity contribution in [3.8, 4) is 0 Å². The standard InChI is InChI=1S/C13H15N3O3/c1-19-16-12(17)10-3-2-9(8-11(10)13(16)18)15-6-4-14-5-7-15/h2-3,8,14H,4-7H2,1H3. The van der Waals surface area contributed by atoms with E-state index in [4.69, 9.17) is 4.84 Å². The van der Waals surface area contributed by atoms with Gasteiger partial charge in [0.15, 0.2) is 0 Å². The lowest BCUT2D eigenvalue weighted by Crippen LogP contribution is -2.43. The summed E-state index contributed by atoms with van der Waals surface area (Å²) < 4.78 is 0. The van der Waals surface area contributed by atoms with Gasteiger partial charge >= 0.3 is 0 Å². The molecule has 2 aliphatic rings. The highest BCUT2D eigenvalue weighted by Gasteiger charge is 2.36. The zero-order chi connectivity index (χ0) is 13.4. The van der Waals surface area contributed by atoms with Crippen LogP contribution in [0.5, 0.6) is 0 Å². The highest BCUT2D eigenvalue weighted by Crippen LogP contribution is 2.27. The summed E-state index contributed by atoms with van der Waals surface area (Å²) in [6.07, 6.45) is 0. The molecule has 2 heterocycles. The molecule has 3 rings (SSSR count). The molecule has 0 unspecified atom stereocenters. The van der Waals surface area contributed by atoms with E-state index in [0.717, 1.165) is 36.9 Å². The Balaban J connectivity index is 1.95. The van der Waals surface area contributed by atoms with Gasteiger partial charge in [-0.2, -0.15) is 0 Å². The van der Waals surface area contributed by atoms with Crippen molar-refractivity contribution < 1.29 is 14.4 Å². The average molecular weight is 261 g/mol. The number of carbonyl (C=O) groups excluding carboxylic acids is 2. The minimum atomic E-state index is -0.394. The van der Waals surface area contributed by atoms with E-state index in [1.54, 1.807) is 12.1 Å². The quantitative estimate of drug-likeness (QED) is 0.773. The molecule has 0 saturated carbocycles. The molecule has 100 valence electrons. The maximum atomic E-state index is 12.0. The van der Waals surface area contributed by atoms with Gasteiger partial charge in [-0.3, -0.25) is 14.4 Å². The average Bonchev–Trinajstić information content (AvgIpc) is 2.71. The van der Waals surface area contributed by atoms with Crippen LogP contribution in [0.25, 0.3) is 0 Å². The minimum Gasteiger partial charge on any atom is -0.369 e. The number of hydroxylamine groups is 2. The molecule has 2 amide bonds. The number of rotatable bonds is 2. The third-order valence-corrected chi connectivity index (χ3v) is 3.50. The summed E-state index contributed by atoms with van der Waals surface area (Å²) in [4.78, 5) is 30.9. The van der Waals surface area contributed by atoms with Crippen molar-refractivity contribution in [1.82, 2.24) is 10.4 Å². The SMILES string of the molecule is CON1C(=O)c2ccc(N3CCNCC3)cc2C1=O. The van der Waals surface area contributed by atoms with Crippen LogP contribution in [-0.4, -0.2) is 50.2 Å². The Morgan fingerprint density at radius 3 is 2.47 bits per heavy atom. The van der Waals surface area contributed by atoms with Gasteiger partial charge in [-0.25, -0.2) is 0 Å². The summed E-state index contributed by atoms with van der Waals surface area (Å²) in [6, 6.07) is 5.36. The van der Waals surface area contributed by atoms with Crippen LogP contribution in [0.3, 0.4) is 0 Å². The van der Waals surface area contributed by atoms with Gasteiger partial charge in [0.1, 0.15) is 0 Å². The molecule has 0 aliphatic carbocycles. The van der Waals surface area contributed by atoms with Gasteiger partial charge in [-0.1, -0.05) is 0 Å². The van der Waals surface area contributed by atoms with Crippen LogP contribution in [0.2, 0.25) is 0 Å². The van der Waals surface area contributed by atoms with Crippen molar-refractivity contribution in [3.63, 3.8) is 0 Å². The molecular formula is C13H15N3O3. The number of fused-ring (bicyclic) bond motifs is 1. The second kappa shape index (κ2) is 4.64. The van der Waals surface area contributed by atoms with Crippen LogP contribution in [0, 0.1) is 0 Å². The van der Waals surface area contributed by atoms with Crippen molar-refractivity contribution in [3.05, 3.63) is 29.3 Å². The molecular weight excluding hydrogens is 246 g/mol. The Labute approximate surface area is 110 Å². The van der Waals surface area contributed by atoms with Crippen molar-refractivity contribution in [2.24, 2.45) is 0 Å².